The van der Waals surface area contributed by atoms with Crippen LogP contribution in [0.2, 0.25) is 0 Å². The molecule has 0 radical (unpaired) electrons. The summed E-state index contributed by atoms with van der Waals surface area (Å²) in [5.41, 5.74) is 0.981. The molecule has 1 saturated heterocycles. The minimum Gasteiger partial charge on any atom is -0.479 e. The fourth-order valence-electron chi connectivity index (χ4n) is 2.15. The second-order valence-electron chi connectivity index (χ2n) is 4.81. The Kier molecular flexibility index (Phi) is 4.77. The maximum atomic E-state index is 12.0. The van der Waals surface area contributed by atoms with Gasteiger partial charge in [-0.15, -0.1) is 0 Å². The van der Waals surface area contributed by atoms with Crippen molar-refractivity contribution in [2.24, 2.45) is 0 Å². The number of amides is 1. The molecule has 108 valence electrons. The number of carboxylic acid groups (broad SMARTS) is 1. The molecule has 20 heavy (non-hydrogen) atoms. The lowest BCUT2D eigenvalue weighted by atomic mass is 10.1. The molecule has 0 bridgehead atoms. The average molecular weight is 342 g/mol. The molecular weight excluding hydrogens is 326 g/mol. The Bertz CT molecular complexity index is 502. The summed E-state index contributed by atoms with van der Waals surface area (Å²) in [6, 6.07) is 7.51. The van der Waals surface area contributed by atoms with E-state index in [4.69, 9.17) is 9.84 Å². The molecule has 1 aromatic carbocycles. The van der Waals surface area contributed by atoms with Crippen LogP contribution in [0.5, 0.6) is 0 Å². The van der Waals surface area contributed by atoms with Crippen molar-refractivity contribution in [1.29, 1.82) is 0 Å². The SMILES string of the molecule is CC(NC(=O)C1CCC(C(=O)O)O1)c1ccc(Br)cc1. The van der Waals surface area contributed by atoms with Gasteiger partial charge in [-0.05, 0) is 37.5 Å². The number of hydrogen-bond donors (Lipinski definition) is 2. The number of nitrogens with one attached hydrogen (secondary N) is 1. The summed E-state index contributed by atoms with van der Waals surface area (Å²) in [6.07, 6.45) is -0.724. The number of benzene rings is 1. The minimum atomic E-state index is -1.01. The molecule has 1 heterocycles. The van der Waals surface area contributed by atoms with Crippen LogP contribution >= 0.6 is 15.9 Å². The van der Waals surface area contributed by atoms with Gasteiger partial charge in [-0.2, -0.15) is 0 Å². The van der Waals surface area contributed by atoms with Gasteiger partial charge in [-0.25, -0.2) is 4.79 Å². The smallest absolute Gasteiger partial charge is 0.332 e. The van der Waals surface area contributed by atoms with Crippen LogP contribution in [0.1, 0.15) is 31.4 Å². The predicted molar refractivity (Wildman–Crippen MR) is 76.2 cm³/mol. The Morgan fingerprint density at radius 1 is 1.30 bits per heavy atom. The van der Waals surface area contributed by atoms with E-state index in [1.807, 2.05) is 31.2 Å². The molecule has 1 aliphatic rings. The molecule has 2 rings (SSSR count). The Hall–Kier alpha value is -1.40. The summed E-state index contributed by atoms with van der Waals surface area (Å²) in [7, 11) is 0. The fourth-order valence-corrected chi connectivity index (χ4v) is 2.42. The number of aliphatic carboxylic acids is 1. The van der Waals surface area contributed by atoms with Gasteiger partial charge in [-0.1, -0.05) is 28.1 Å². The Balaban J connectivity index is 1.91. The maximum absolute atomic E-state index is 12.0. The van der Waals surface area contributed by atoms with Crippen LogP contribution in [0.3, 0.4) is 0 Å². The van der Waals surface area contributed by atoms with E-state index < -0.39 is 18.2 Å². The second kappa shape index (κ2) is 6.37. The number of hydrogen-bond acceptors (Lipinski definition) is 3. The number of ether oxygens (including phenoxy) is 1. The molecule has 3 atom stereocenters. The molecule has 1 aliphatic heterocycles. The van der Waals surface area contributed by atoms with Crippen LogP contribution < -0.4 is 5.32 Å². The maximum Gasteiger partial charge on any atom is 0.332 e. The zero-order valence-electron chi connectivity index (χ0n) is 11.0. The molecule has 0 aromatic heterocycles. The van der Waals surface area contributed by atoms with Crippen LogP contribution in [-0.2, 0) is 14.3 Å². The summed E-state index contributed by atoms with van der Waals surface area (Å²) in [4.78, 5) is 22.8. The van der Waals surface area contributed by atoms with Crippen molar-refractivity contribution in [3.05, 3.63) is 34.3 Å². The lowest BCUT2D eigenvalue weighted by molar-refractivity contribution is -0.151. The average Bonchev–Trinajstić information content (AvgIpc) is 2.89. The zero-order chi connectivity index (χ0) is 14.7. The molecule has 2 N–H and O–H groups in total. The van der Waals surface area contributed by atoms with Gasteiger partial charge >= 0.3 is 5.97 Å². The van der Waals surface area contributed by atoms with E-state index in [0.717, 1.165) is 10.0 Å². The lowest BCUT2D eigenvalue weighted by Crippen LogP contribution is -2.37. The summed E-state index contributed by atoms with van der Waals surface area (Å²) >= 11 is 3.36. The van der Waals surface area contributed by atoms with Gasteiger partial charge in [-0.3, -0.25) is 4.79 Å². The van der Waals surface area contributed by atoms with Crippen LogP contribution in [0.25, 0.3) is 0 Å². The minimum absolute atomic E-state index is 0.150. The summed E-state index contributed by atoms with van der Waals surface area (Å²) in [5, 5.41) is 11.7. The highest BCUT2D eigenvalue weighted by molar-refractivity contribution is 9.10. The van der Waals surface area contributed by atoms with Crippen molar-refractivity contribution < 1.29 is 19.4 Å². The van der Waals surface area contributed by atoms with Gasteiger partial charge in [0.15, 0.2) is 6.10 Å². The fraction of sp³-hybridized carbons (Fsp3) is 0.429. The quantitative estimate of drug-likeness (QED) is 0.880. The first-order chi connectivity index (χ1) is 9.47. The van der Waals surface area contributed by atoms with Gasteiger partial charge in [0.05, 0.1) is 6.04 Å². The van der Waals surface area contributed by atoms with E-state index in [9.17, 15) is 9.59 Å². The third-order valence-corrected chi connectivity index (χ3v) is 3.84. The van der Waals surface area contributed by atoms with E-state index in [2.05, 4.69) is 21.2 Å². The molecule has 0 aliphatic carbocycles. The van der Waals surface area contributed by atoms with Crippen molar-refractivity contribution >= 4 is 27.8 Å². The topological polar surface area (TPSA) is 75.6 Å². The van der Waals surface area contributed by atoms with E-state index in [1.165, 1.54) is 0 Å². The molecule has 6 heteroatoms. The van der Waals surface area contributed by atoms with Crippen molar-refractivity contribution in [2.45, 2.75) is 38.0 Å². The highest BCUT2D eigenvalue weighted by Crippen LogP contribution is 2.22. The second-order valence-corrected chi connectivity index (χ2v) is 5.73. The largest absolute Gasteiger partial charge is 0.479 e. The number of carbonyl (C=O) groups is 2. The van der Waals surface area contributed by atoms with Crippen LogP contribution in [0.15, 0.2) is 28.7 Å². The molecule has 0 spiro atoms. The van der Waals surface area contributed by atoms with E-state index >= 15 is 0 Å². The molecule has 0 saturated carbocycles. The van der Waals surface area contributed by atoms with Crippen molar-refractivity contribution in [2.75, 3.05) is 0 Å². The predicted octanol–water partition coefficient (Wildman–Crippen LogP) is 2.26. The molecule has 1 aromatic rings. The third-order valence-electron chi connectivity index (χ3n) is 3.32. The van der Waals surface area contributed by atoms with Crippen LogP contribution in [0.4, 0.5) is 0 Å². The van der Waals surface area contributed by atoms with Crippen LogP contribution in [0, 0.1) is 0 Å². The van der Waals surface area contributed by atoms with Crippen LogP contribution in [-0.4, -0.2) is 29.2 Å². The number of rotatable bonds is 4. The summed E-state index contributed by atoms with van der Waals surface area (Å²) in [6.45, 7) is 1.88. The molecule has 3 unspecified atom stereocenters. The van der Waals surface area contributed by atoms with Crippen molar-refractivity contribution in [3.63, 3.8) is 0 Å². The van der Waals surface area contributed by atoms with E-state index in [1.54, 1.807) is 0 Å². The molecule has 1 fully saturated rings. The van der Waals surface area contributed by atoms with Crippen molar-refractivity contribution in [1.82, 2.24) is 5.32 Å². The Morgan fingerprint density at radius 2 is 1.90 bits per heavy atom. The monoisotopic (exact) mass is 341 g/mol. The first kappa shape index (κ1) is 15.0. The van der Waals surface area contributed by atoms with E-state index in [-0.39, 0.29) is 11.9 Å². The van der Waals surface area contributed by atoms with Gasteiger partial charge in [0.25, 0.3) is 0 Å². The summed E-state index contributed by atoms with van der Waals surface area (Å²) < 4.78 is 6.20. The molecule has 5 nitrogen and oxygen atoms in total. The van der Waals surface area contributed by atoms with Gasteiger partial charge in [0, 0.05) is 4.47 Å². The molecular formula is C14H16BrNO4. The number of carbonyl (C=O) groups excluding carboxylic acids is 1. The Morgan fingerprint density at radius 3 is 2.45 bits per heavy atom. The van der Waals surface area contributed by atoms with Gasteiger partial charge in [0.2, 0.25) is 5.91 Å². The normalized spacial score (nSPS) is 23.3. The third kappa shape index (κ3) is 3.58. The lowest BCUT2D eigenvalue weighted by Gasteiger charge is -2.17. The highest BCUT2D eigenvalue weighted by Gasteiger charge is 2.35. The van der Waals surface area contributed by atoms with E-state index in [0.29, 0.717) is 12.8 Å². The molecule has 1 amide bonds. The highest BCUT2D eigenvalue weighted by atomic mass is 79.9. The summed E-state index contributed by atoms with van der Waals surface area (Å²) in [5.74, 6) is -1.27. The zero-order valence-corrected chi connectivity index (χ0v) is 12.6. The van der Waals surface area contributed by atoms with Crippen molar-refractivity contribution in [3.8, 4) is 0 Å². The van der Waals surface area contributed by atoms with Gasteiger partial charge in [0.1, 0.15) is 6.10 Å². The first-order valence-electron chi connectivity index (χ1n) is 6.41. The number of carboxylic acids is 1. The first-order valence-corrected chi connectivity index (χ1v) is 7.21. The Labute approximate surface area is 125 Å². The van der Waals surface area contributed by atoms with Gasteiger partial charge < -0.3 is 15.2 Å². The number of halogens is 1. The standard InChI is InChI=1S/C14H16BrNO4/c1-8(9-2-4-10(15)5-3-9)16-13(17)11-6-7-12(20-11)14(18)19/h2-5,8,11-12H,6-7H2,1H3,(H,16,17)(H,18,19).